The smallest absolute Gasteiger partial charge is 0.310 e. The number of aromatic nitrogens is 2. The van der Waals surface area contributed by atoms with Gasteiger partial charge in [0, 0.05) is 12.6 Å². The van der Waals surface area contributed by atoms with Crippen LogP contribution in [-0.2, 0) is 11.2 Å². The minimum absolute atomic E-state index is 0.524. The lowest BCUT2D eigenvalue weighted by Crippen LogP contribution is -2.32. The second-order valence-corrected chi connectivity index (χ2v) is 5.69. The van der Waals surface area contributed by atoms with Gasteiger partial charge < -0.3 is 5.11 Å². The number of rotatable bonds is 6. The van der Waals surface area contributed by atoms with E-state index in [4.69, 9.17) is 0 Å². The van der Waals surface area contributed by atoms with E-state index in [1.807, 2.05) is 30.8 Å². The average Bonchev–Trinajstić information content (AvgIpc) is 3.06. The van der Waals surface area contributed by atoms with Crippen molar-refractivity contribution in [2.24, 2.45) is 5.41 Å². The Kier molecular flexibility index (Phi) is 4.27. The summed E-state index contributed by atoms with van der Waals surface area (Å²) in [6.45, 7) is 3.90. The van der Waals surface area contributed by atoms with Crippen molar-refractivity contribution < 1.29 is 9.90 Å². The van der Waals surface area contributed by atoms with E-state index in [-0.39, 0.29) is 0 Å². The summed E-state index contributed by atoms with van der Waals surface area (Å²) in [7, 11) is 0. The van der Waals surface area contributed by atoms with Crippen molar-refractivity contribution in [2.75, 3.05) is 0 Å². The molecule has 2 rings (SSSR count). The molecule has 0 radical (unpaired) electrons. The number of carboxylic acids is 1. The highest BCUT2D eigenvalue weighted by molar-refractivity contribution is 5.74. The summed E-state index contributed by atoms with van der Waals surface area (Å²) in [5.41, 5.74) is 0.257. The van der Waals surface area contributed by atoms with Crippen LogP contribution in [0.25, 0.3) is 0 Å². The maximum Gasteiger partial charge on any atom is 0.310 e. The maximum absolute atomic E-state index is 11.5. The van der Waals surface area contributed by atoms with Gasteiger partial charge in [0.2, 0.25) is 0 Å². The van der Waals surface area contributed by atoms with Crippen LogP contribution in [0.5, 0.6) is 0 Å². The Bertz CT molecular complexity index is 429. The topological polar surface area (TPSA) is 55.1 Å². The van der Waals surface area contributed by atoms with Gasteiger partial charge in [0.1, 0.15) is 0 Å². The van der Waals surface area contributed by atoms with Crippen LogP contribution in [-0.4, -0.2) is 20.9 Å². The molecule has 106 valence electrons. The van der Waals surface area contributed by atoms with E-state index < -0.39 is 11.4 Å². The molecule has 0 atom stereocenters. The van der Waals surface area contributed by atoms with Crippen LogP contribution >= 0.6 is 0 Å². The summed E-state index contributed by atoms with van der Waals surface area (Å²) in [4.78, 5) is 11.5. The lowest BCUT2D eigenvalue weighted by atomic mass is 9.78. The van der Waals surface area contributed by atoms with Crippen LogP contribution in [0.15, 0.2) is 12.3 Å². The van der Waals surface area contributed by atoms with E-state index in [1.54, 1.807) is 0 Å². The van der Waals surface area contributed by atoms with Gasteiger partial charge in [-0.05, 0) is 31.7 Å². The third kappa shape index (κ3) is 2.82. The first-order chi connectivity index (χ1) is 9.11. The predicted octanol–water partition coefficient (Wildman–Crippen LogP) is 3.43. The first-order valence-corrected chi connectivity index (χ1v) is 7.38. The van der Waals surface area contributed by atoms with Gasteiger partial charge >= 0.3 is 5.97 Å². The fourth-order valence-corrected chi connectivity index (χ4v) is 3.07. The van der Waals surface area contributed by atoms with Crippen LogP contribution in [0.4, 0.5) is 0 Å². The monoisotopic (exact) mass is 264 g/mol. The third-order valence-electron chi connectivity index (χ3n) is 4.69. The highest BCUT2D eigenvalue weighted by Crippen LogP contribution is 2.32. The summed E-state index contributed by atoms with van der Waals surface area (Å²) in [5.74, 6) is -0.701. The largest absolute Gasteiger partial charge is 0.481 e. The highest BCUT2D eigenvalue weighted by Gasteiger charge is 2.35. The minimum atomic E-state index is -0.701. The molecule has 4 nitrogen and oxygen atoms in total. The van der Waals surface area contributed by atoms with Crippen LogP contribution in [0.1, 0.15) is 64.1 Å². The second-order valence-electron chi connectivity index (χ2n) is 5.69. The van der Waals surface area contributed by atoms with Gasteiger partial charge in [-0.2, -0.15) is 5.10 Å². The molecule has 1 aliphatic carbocycles. The second kappa shape index (κ2) is 5.76. The fourth-order valence-electron chi connectivity index (χ4n) is 3.07. The lowest BCUT2D eigenvalue weighted by molar-refractivity contribution is -0.149. The molecule has 0 spiro atoms. The first kappa shape index (κ1) is 14.1. The summed E-state index contributed by atoms with van der Waals surface area (Å²) in [6, 6.07) is 2.51. The molecule has 0 aliphatic heterocycles. The Morgan fingerprint density at radius 1 is 1.42 bits per heavy atom. The molecular formula is C15H24N2O2. The molecule has 1 N–H and O–H groups in total. The van der Waals surface area contributed by atoms with Crippen LogP contribution in [0.3, 0.4) is 0 Å². The maximum atomic E-state index is 11.5. The van der Waals surface area contributed by atoms with E-state index in [2.05, 4.69) is 5.10 Å². The molecule has 0 aromatic carbocycles. The molecule has 0 saturated heterocycles. The van der Waals surface area contributed by atoms with Crippen molar-refractivity contribution in [3.8, 4) is 0 Å². The van der Waals surface area contributed by atoms with Gasteiger partial charge in [-0.25, -0.2) is 0 Å². The number of carboxylic acid groups (broad SMARTS) is 1. The van der Waals surface area contributed by atoms with Gasteiger partial charge in [0.25, 0.3) is 0 Å². The molecule has 1 fully saturated rings. The predicted molar refractivity (Wildman–Crippen MR) is 74.1 cm³/mol. The molecule has 1 saturated carbocycles. The third-order valence-corrected chi connectivity index (χ3v) is 4.69. The fraction of sp³-hybridized carbons (Fsp3) is 0.733. The zero-order valence-corrected chi connectivity index (χ0v) is 11.9. The molecular weight excluding hydrogens is 240 g/mol. The number of nitrogens with zero attached hydrogens (tertiary/aromatic N) is 2. The lowest BCUT2D eigenvalue weighted by Gasteiger charge is -2.25. The van der Waals surface area contributed by atoms with Crippen molar-refractivity contribution in [1.82, 2.24) is 9.78 Å². The van der Waals surface area contributed by atoms with Crippen molar-refractivity contribution in [3.63, 3.8) is 0 Å². The van der Waals surface area contributed by atoms with Crippen molar-refractivity contribution in [1.29, 1.82) is 0 Å². The van der Waals surface area contributed by atoms with Gasteiger partial charge in [-0.3, -0.25) is 9.48 Å². The molecule has 0 amide bonds. The molecule has 1 aliphatic rings. The average molecular weight is 264 g/mol. The summed E-state index contributed by atoms with van der Waals surface area (Å²) in [5, 5.41) is 14.1. The molecule has 0 bridgehead atoms. The molecule has 1 heterocycles. The highest BCUT2D eigenvalue weighted by atomic mass is 16.4. The van der Waals surface area contributed by atoms with Gasteiger partial charge in [0.05, 0.1) is 17.2 Å². The molecule has 1 aromatic heterocycles. The summed E-state index contributed by atoms with van der Waals surface area (Å²) < 4.78 is 2.04. The first-order valence-electron chi connectivity index (χ1n) is 7.38. The van der Waals surface area contributed by atoms with Crippen molar-refractivity contribution >= 4 is 5.97 Å². The van der Waals surface area contributed by atoms with Crippen LogP contribution in [0, 0.1) is 5.41 Å². The Morgan fingerprint density at radius 3 is 2.58 bits per heavy atom. The quantitative estimate of drug-likeness (QED) is 0.856. The number of aliphatic carboxylic acids is 1. The van der Waals surface area contributed by atoms with Gasteiger partial charge in [-0.1, -0.05) is 26.7 Å². The van der Waals surface area contributed by atoms with Gasteiger partial charge in [0.15, 0.2) is 0 Å². The van der Waals surface area contributed by atoms with E-state index in [0.717, 1.165) is 5.69 Å². The Balaban J connectivity index is 2.11. The molecule has 19 heavy (non-hydrogen) atoms. The zero-order chi connectivity index (χ0) is 13.9. The van der Waals surface area contributed by atoms with Crippen molar-refractivity contribution in [2.45, 2.75) is 64.8 Å². The van der Waals surface area contributed by atoms with E-state index >= 15 is 0 Å². The Morgan fingerprint density at radius 2 is 2.05 bits per heavy atom. The van der Waals surface area contributed by atoms with Crippen LogP contribution in [0.2, 0.25) is 0 Å². The normalized spacial score (nSPS) is 16.9. The number of hydrogen-bond acceptors (Lipinski definition) is 2. The van der Waals surface area contributed by atoms with Crippen molar-refractivity contribution in [3.05, 3.63) is 18.0 Å². The Labute approximate surface area is 114 Å². The molecule has 0 unspecified atom stereocenters. The van der Waals surface area contributed by atoms with Crippen LogP contribution < -0.4 is 0 Å². The minimum Gasteiger partial charge on any atom is -0.481 e. The molecule has 4 heteroatoms. The SMILES string of the molecule is CCC(CC)(Cc1ccn(C2CCCC2)n1)C(=O)O. The zero-order valence-electron chi connectivity index (χ0n) is 11.9. The Hall–Kier alpha value is -1.32. The molecule has 1 aromatic rings. The standard InChI is InChI=1S/C15H24N2O2/c1-3-15(4-2,14(18)19)11-12-9-10-17(16-12)13-7-5-6-8-13/h9-10,13H,3-8,11H2,1-2H3,(H,18,19). The number of carbonyl (C=O) groups is 1. The summed E-state index contributed by atoms with van der Waals surface area (Å²) in [6.07, 6.45) is 8.81. The van der Waals surface area contributed by atoms with E-state index in [1.165, 1.54) is 25.7 Å². The number of hydrogen-bond donors (Lipinski definition) is 1. The summed E-state index contributed by atoms with van der Waals surface area (Å²) >= 11 is 0. The van der Waals surface area contributed by atoms with Gasteiger partial charge in [-0.15, -0.1) is 0 Å². The van der Waals surface area contributed by atoms with E-state index in [9.17, 15) is 9.90 Å². The van der Waals surface area contributed by atoms with E-state index in [0.29, 0.717) is 25.3 Å².